The number of fused-ring (bicyclic) bond motifs is 2. The fourth-order valence-corrected chi connectivity index (χ4v) is 3.83. The lowest BCUT2D eigenvalue weighted by molar-refractivity contribution is 0.104. The first-order chi connectivity index (χ1) is 10.5. The number of aromatic nitrogens is 2. The van der Waals surface area contributed by atoms with Crippen molar-refractivity contribution in [1.29, 1.82) is 0 Å². The number of phenols is 1. The molecule has 0 unspecified atom stereocenters. The third kappa shape index (κ3) is 1.82. The molecule has 0 fully saturated rings. The van der Waals surface area contributed by atoms with Crippen LogP contribution in [0.2, 0.25) is 0 Å². The van der Waals surface area contributed by atoms with Crippen LogP contribution in [-0.4, -0.2) is 20.3 Å². The molecule has 1 aliphatic rings. The number of allylic oxidation sites excluding steroid dienone is 1. The lowest BCUT2D eigenvalue weighted by Gasteiger charge is -1.98. The number of aryl methyl sites for hydroxylation is 2. The van der Waals surface area contributed by atoms with Crippen LogP contribution >= 0.6 is 11.3 Å². The van der Waals surface area contributed by atoms with E-state index in [9.17, 15) is 9.90 Å². The number of hydrogen-bond donors (Lipinski definition) is 1. The Bertz CT molecular complexity index is 963. The summed E-state index contributed by atoms with van der Waals surface area (Å²) in [6.07, 6.45) is 4.41. The van der Waals surface area contributed by atoms with E-state index >= 15 is 0 Å². The van der Waals surface area contributed by atoms with E-state index < -0.39 is 0 Å². The highest BCUT2D eigenvalue weighted by Gasteiger charge is 2.27. The maximum absolute atomic E-state index is 12.5. The van der Waals surface area contributed by atoms with Crippen LogP contribution in [0, 0.1) is 13.8 Å². The lowest BCUT2D eigenvalue weighted by atomic mass is 10.1. The highest BCUT2D eigenvalue weighted by molar-refractivity contribution is 7.17. The average molecular weight is 310 g/mol. The summed E-state index contributed by atoms with van der Waals surface area (Å²) in [7, 11) is 0. The fourth-order valence-electron chi connectivity index (χ4n) is 2.95. The van der Waals surface area contributed by atoms with Crippen molar-refractivity contribution in [3.05, 3.63) is 57.4 Å². The summed E-state index contributed by atoms with van der Waals surface area (Å²) < 4.78 is 2.03. The molecule has 0 spiro atoms. The Kier molecular flexibility index (Phi) is 2.74. The largest absolute Gasteiger partial charge is 0.508 e. The molecule has 1 aromatic carbocycles. The van der Waals surface area contributed by atoms with Gasteiger partial charge in [-0.2, -0.15) is 0 Å². The second-order valence-corrected chi connectivity index (χ2v) is 6.77. The van der Waals surface area contributed by atoms with Gasteiger partial charge in [0.2, 0.25) is 0 Å². The molecule has 0 saturated heterocycles. The van der Waals surface area contributed by atoms with Gasteiger partial charge in [0, 0.05) is 34.2 Å². The van der Waals surface area contributed by atoms with Gasteiger partial charge in [-0.3, -0.25) is 9.20 Å². The second kappa shape index (κ2) is 4.55. The van der Waals surface area contributed by atoms with Gasteiger partial charge in [0.1, 0.15) is 5.75 Å². The normalized spacial score (nSPS) is 15.9. The van der Waals surface area contributed by atoms with Crippen molar-refractivity contribution in [2.24, 2.45) is 0 Å². The van der Waals surface area contributed by atoms with Crippen molar-refractivity contribution < 1.29 is 9.90 Å². The van der Waals surface area contributed by atoms with Gasteiger partial charge in [-0.25, -0.2) is 4.98 Å². The number of aromatic hydroxyl groups is 1. The third-order valence-corrected chi connectivity index (χ3v) is 4.93. The summed E-state index contributed by atoms with van der Waals surface area (Å²) in [5, 5.41) is 9.93. The molecule has 0 aliphatic heterocycles. The summed E-state index contributed by atoms with van der Waals surface area (Å²) in [5.41, 5.74) is 3.87. The molecule has 110 valence electrons. The fraction of sp³-hybridized carbons (Fsp3) is 0.176. The molecule has 22 heavy (non-hydrogen) atoms. The van der Waals surface area contributed by atoms with E-state index in [1.165, 1.54) is 4.88 Å². The van der Waals surface area contributed by atoms with Crippen molar-refractivity contribution in [2.75, 3.05) is 0 Å². The number of carbonyl (C=O) groups is 1. The topological polar surface area (TPSA) is 54.6 Å². The van der Waals surface area contributed by atoms with Crippen LogP contribution in [0.15, 0.2) is 30.0 Å². The molecule has 5 heteroatoms. The molecule has 1 N–H and O–H groups in total. The number of Topliss-reactive ketones (excluding diaryl/α,β-unsaturated/α-hetero) is 1. The van der Waals surface area contributed by atoms with Gasteiger partial charge in [-0.15, -0.1) is 11.3 Å². The number of thiazole rings is 1. The Morgan fingerprint density at radius 2 is 2.18 bits per heavy atom. The van der Waals surface area contributed by atoms with Crippen molar-refractivity contribution in [1.82, 2.24) is 9.38 Å². The molecule has 2 aromatic heterocycles. The van der Waals surface area contributed by atoms with Crippen LogP contribution in [-0.2, 0) is 6.42 Å². The highest BCUT2D eigenvalue weighted by atomic mass is 32.1. The summed E-state index contributed by atoms with van der Waals surface area (Å²) in [6, 6.07) is 5.10. The molecule has 0 amide bonds. The van der Waals surface area contributed by atoms with Crippen LogP contribution in [0.25, 0.3) is 11.0 Å². The number of ketones is 1. The zero-order valence-corrected chi connectivity index (χ0v) is 13.1. The Labute approximate surface area is 131 Å². The van der Waals surface area contributed by atoms with E-state index in [0.29, 0.717) is 17.6 Å². The van der Waals surface area contributed by atoms with Crippen LogP contribution in [0.5, 0.6) is 5.75 Å². The zero-order chi connectivity index (χ0) is 15.4. The minimum absolute atomic E-state index is 0.00722. The van der Waals surface area contributed by atoms with Crippen molar-refractivity contribution in [2.45, 2.75) is 20.3 Å². The first-order valence-corrected chi connectivity index (χ1v) is 7.87. The van der Waals surface area contributed by atoms with Crippen LogP contribution < -0.4 is 0 Å². The maximum Gasteiger partial charge on any atom is 0.194 e. The number of carbonyl (C=O) groups excluding carboxylic acids is 1. The third-order valence-electron chi connectivity index (χ3n) is 4.03. The van der Waals surface area contributed by atoms with Gasteiger partial charge in [0.05, 0.1) is 11.4 Å². The van der Waals surface area contributed by atoms with Gasteiger partial charge in [0.25, 0.3) is 0 Å². The molecule has 4 rings (SSSR count). The standard InChI is InChI=1S/C17H14N2O2S/c1-9-8-19-14(10(2)18-17(19)22-9)7-11-6-13-12(16(11)21)4-3-5-15(13)20/h3-5,7-8,20H,6H2,1-2H3. The lowest BCUT2D eigenvalue weighted by Crippen LogP contribution is -1.96. The van der Waals surface area contributed by atoms with Crippen molar-refractivity contribution in [3.8, 4) is 5.75 Å². The first-order valence-electron chi connectivity index (χ1n) is 7.06. The Morgan fingerprint density at radius 1 is 1.36 bits per heavy atom. The summed E-state index contributed by atoms with van der Waals surface area (Å²) in [6.45, 7) is 3.99. The maximum atomic E-state index is 12.5. The molecule has 4 nitrogen and oxygen atoms in total. The van der Waals surface area contributed by atoms with Gasteiger partial charge in [-0.1, -0.05) is 12.1 Å². The molecule has 2 heterocycles. The SMILES string of the molecule is Cc1cn2c(C=C3Cc4c(O)cccc4C3=O)c(C)nc2s1. The van der Waals surface area contributed by atoms with Crippen LogP contribution in [0.4, 0.5) is 0 Å². The Balaban J connectivity index is 1.85. The molecule has 3 aromatic rings. The first kappa shape index (κ1) is 13.3. The zero-order valence-electron chi connectivity index (χ0n) is 12.3. The highest BCUT2D eigenvalue weighted by Crippen LogP contribution is 2.34. The molecule has 0 atom stereocenters. The molecule has 1 aliphatic carbocycles. The van der Waals surface area contributed by atoms with E-state index in [2.05, 4.69) is 4.98 Å². The Hall–Kier alpha value is -2.40. The quantitative estimate of drug-likeness (QED) is 0.699. The van der Waals surface area contributed by atoms with Crippen LogP contribution in [0.3, 0.4) is 0 Å². The van der Waals surface area contributed by atoms with E-state index in [0.717, 1.165) is 21.9 Å². The van der Waals surface area contributed by atoms with Gasteiger partial charge >= 0.3 is 0 Å². The predicted octanol–water partition coefficient (Wildman–Crippen LogP) is 3.54. The molecule has 0 radical (unpaired) electrons. The number of imidazole rings is 1. The van der Waals surface area contributed by atoms with E-state index in [-0.39, 0.29) is 11.5 Å². The summed E-state index contributed by atoms with van der Waals surface area (Å²) >= 11 is 1.63. The number of benzene rings is 1. The minimum atomic E-state index is -0.00722. The van der Waals surface area contributed by atoms with E-state index in [1.807, 2.05) is 30.5 Å². The number of nitrogens with zero attached hydrogens (tertiary/aromatic N) is 2. The van der Waals surface area contributed by atoms with Crippen LogP contribution in [0.1, 0.15) is 32.2 Å². The van der Waals surface area contributed by atoms with Crippen molar-refractivity contribution >= 4 is 28.2 Å². The van der Waals surface area contributed by atoms with Gasteiger partial charge < -0.3 is 5.11 Å². The number of rotatable bonds is 1. The van der Waals surface area contributed by atoms with E-state index in [4.69, 9.17) is 0 Å². The monoisotopic (exact) mass is 310 g/mol. The predicted molar refractivity (Wildman–Crippen MR) is 86.7 cm³/mol. The van der Waals surface area contributed by atoms with Crippen molar-refractivity contribution in [3.63, 3.8) is 0 Å². The molecular formula is C17H14N2O2S. The van der Waals surface area contributed by atoms with Gasteiger partial charge in [0.15, 0.2) is 10.7 Å². The van der Waals surface area contributed by atoms with Gasteiger partial charge in [-0.05, 0) is 26.0 Å². The molecular weight excluding hydrogens is 296 g/mol. The molecule has 0 saturated carbocycles. The minimum Gasteiger partial charge on any atom is -0.508 e. The Morgan fingerprint density at radius 3 is 2.95 bits per heavy atom. The summed E-state index contributed by atoms with van der Waals surface area (Å²) in [5.74, 6) is 0.183. The average Bonchev–Trinajstić information content (AvgIpc) is 3.06. The number of phenolic OH excluding ortho intramolecular Hbond substituents is 1. The van der Waals surface area contributed by atoms with E-state index in [1.54, 1.807) is 29.5 Å². The smallest absolute Gasteiger partial charge is 0.194 e. The molecule has 0 bridgehead atoms. The summed E-state index contributed by atoms with van der Waals surface area (Å²) in [4.78, 5) is 19.2. The number of hydrogen-bond acceptors (Lipinski definition) is 4. The second-order valence-electron chi connectivity index (χ2n) is 5.56.